The number of rotatable bonds is 4. The van der Waals surface area contributed by atoms with Gasteiger partial charge in [0.1, 0.15) is 10.6 Å². The second-order valence-corrected chi connectivity index (χ2v) is 8.93. The van der Waals surface area contributed by atoms with Crippen LogP contribution in [-0.2, 0) is 17.6 Å². The maximum Gasteiger partial charge on any atom is 0.267 e. The number of nitrogens with two attached hydrogens (primary N) is 1. The SMILES string of the molecule is C[C@H](Sc1nc2sc3c(c2c(=O)n1-c1ccccc1F)CCCC3)C(N)=O. The summed E-state index contributed by atoms with van der Waals surface area (Å²) in [6.07, 6.45) is 3.91. The highest BCUT2D eigenvalue weighted by molar-refractivity contribution is 8.00. The van der Waals surface area contributed by atoms with E-state index in [1.54, 1.807) is 25.1 Å². The molecular formula is C19H18FN3O2S2. The highest BCUT2D eigenvalue weighted by atomic mass is 32.2. The number of primary amides is 1. The lowest BCUT2D eigenvalue weighted by Crippen LogP contribution is -2.27. The van der Waals surface area contributed by atoms with Crippen LogP contribution in [0.5, 0.6) is 0 Å². The Labute approximate surface area is 163 Å². The van der Waals surface area contributed by atoms with Crippen LogP contribution in [0.1, 0.15) is 30.2 Å². The Morgan fingerprint density at radius 3 is 2.81 bits per heavy atom. The van der Waals surface area contributed by atoms with E-state index in [2.05, 4.69) is 4.98 Å². The maximum atomic E-state index is 14.5. The van der Waals surface area contributed by atoms with E-state index in [9.17, 15) is 14.0 Å². The number of hydrogen-bond donors (Lipinski definition) is 1. The molecule has 3 aromatic rings. The van der Waals surface area contributed by atoms with Crippen LogP contribution in [0.15, 0.2) is 34.2 Å². The average molecular weight is 404 g/mol. The summed E-state index contributed by atoms with van der Waals surface area (Å²) in [5.74, 6) is -1.03. The van der Waals surface area contributed by atoms with E-state index in [0.29, 0.717) is 10.2 Å². The van der Waals surface area contributed by atoms with Gasteiger partial charge in [-0.3, -0.25) is 14.2 Å². The Kier molecular flexibility index (Phi) is 4.77. The molecule has 2 N–H and O–H groups in total. The first-order valence-electron chi connectivity index (χ1n) is 8.75. The number of amides is 1. The Bertz CT molecular complexity index is 1110. The average Bonchev–Trinajstić information content (AvgIpc) is 3.01. The van der Waals surface area contributed by atoms with Gasteiger partial charge in [0, 0.05) is 4.88 Å². The van der Waals surface area contributed by atoms with Crippen molar-refractivity contribution in [2.75, 3.05) is 0 Å². The number of thioether (sulfide) groups is 1. The zero-order valence-electron chi connectivity index (χ0n) is 14.7. The minimum Gasteiger partial charge on any atom is -0.369 e. The maximum absolute atomic E-state index is 14.5. The van der Waals surface area contributed by atoms with Crippen LogP contribution in [0.25, 0.3) is 15.9 Å². The summed E-state index contributed by atoms with van der Waals surface area (Å²) in [5, 5.41) is 0.262. The molecular weight excluding hydrogens is 385 g/mol. The van der Waals surface area contributed by atoms with Gasteiger partial charge in [-0.15, -0.1) is 11.3 Å². The van der Waals surface area contributed by atoms with Crippen LogP contribution in [0.3, 0.4) is 0 Å². The molecule has 27 heavy (non-hydrogen) atoms. The van der Waals surface area contributed by atoms with E-state index in [-0.39, 0.29) is 16.4 Å². The largest absolute Gasteiger partial charge is 0.369 e. The number of aryl methyl sites for hydroxylation is 2. The van der Waals surface area contributed by atoms with E-state index in [1.807, 2.05) is 0 Å². The third-order valence-corrected chi connectivity index (χ3v) is 6.99. The highest BCUT2D eigenvalue weighted by Gasteiger charge is 2.25. The lowest BCUT2D eigenvalue weighted by Gasteiger charge is -2.15. The van der Waals surface area contributed by atoms with E-state index in [0.717, 1.165) is 43.0 Å². The van der Waals surface area contributed by atoms with Crippen LogP contribution in [0.4, 0.5) is 4.39 Å². The summed E-state index contributed by atoms with van der Waals surface area (Å²) in [7, 11) is 0. The Morgan fingerprint density at radius 2 is 2.07 bits per heavy atom. The first-order valence-corrected chi connectivity index (χ1v) is 10.4. The van der Waals surface area contributed by atoms with E-state index >= 15 is 0 Å². The number of hydrogen-bond acceptors (Lipinski definition) is 5. The molecule has 0 bridgehead atoms. The van der Waals surface area contributed by atoms with Crippen LogP contribution < -0.4 is 11.3 Å². The van der Waals surface area contributed by atoms with Crippen LogP contribution in [-0.4, -0.2) is 20.7 Å². The van der Waals surface area contributed by atoms with Crippen molar-refractivity contribution in [1.29, 1.82) is 0 Å². The monoisotopic (exact) mass is 403 g/mol. The second-order valence-electron chi connectivity index (χ2n) is 6.54. The lowest BCUT2D eigenvalue weighted by atomic mass is 9.97. The quantitative estimate of drug-likeness (QED) is 0.535. The van der Waals surface area contributed by atoms with E-state index in [1.165, 1.54) is 26.8 Å². The topological polar surface area (TPSA) is 78.0 Å². The summed E-state index contributed by atoms with van der Waals surface area (Å²) in [6, 6.07) is 6.09. The van der Waals surface area contributed by atoms with Crippen molar-refractivity contribution in [3.8, 4) is 5.69 Å². The van der Waals surface area contributed by atoms with Crippen molar-refractivity contribution >= 4 is 39.2 Å². The summed E-state index contributed by atoms with van der Waals surface area (Å²) in [5.41, 5.74) is 6.27. The first kappa shape index (κ1) is 18.2. The smallest absolute Gasteiger partial charge is 0.267 e. The third kappa shape index (κ3) is 3.17. The summed E-state index contributed by atoms with van der Waals surface area (Å²) >= 11 is 2.60. The van der Waals surface area contributed by atoms with Crippen molar-refractivity contribution in [1.82, 2.24) is 9.55 Å². The number of thiophene rings is 1. The molecule has 1 aliphatic rings. The van der Waals surface area contributed by atoms with Crippen molar-refractivity contribution < 1.29 is 9.18 Å². The fourth-order valence-electron chi connectivity index (χ4n) is 3.33. The molecule has 1 atom stereocenters. The van der Waals surface area contributed by atoms with Crippen LogP contribution in [0.2, 0.25) is 0 Å². The molecule has 0 aliphatic heterocycles. The summed E-state index contributed by atoms with van der Waals surface area (Å²) < 4.78 is 15.8. The lowest BCUT2D eigenvalue weighted by molar-refractivity contribution is -0.117. The molecule has 140 valence electrons. The van der Waals surface area contributed by atoms with Gasteiger partial charge in [0.2, 0.25) is 5.91 Å². The van der Waals surface area contributed by atoms with Gasteiger partial charge in [0.25, 0.3) is 5.56 Å². The minimum absolute atomic E-state index is 0.131. The van der Waals surface area contributed by atoms with Crippen LogP contribution >= 0.6 is 23.1 Å². The molecule has 4 rings (SSSR count). The number of para-hydroxylation sites is 1. The molecule has 1 amide bonds. The molecule has 1 aliphatic carbocycles. The first-order chi connectivity index (χ1) is 13.0. The Balaban J connectivity index is 2.02. The number of halogens is 1. The van der Waals surface area contributed by atoms with Gasteiger partial charge >= 0.3 is 0 Å². The standard InChI is InChI=1S/C19H18FN3O2S2/c1-10(16(21)24)26-19-22-17-15(11-6-2-5-9-14(11)27-17)18(25)23(19)13-8-4-3-7-12(13)20/h3-4,7-8,10H,2,5-6,9H2,1H3,(H2,21,24)/t10-/m0/s1. The van der Waals surface area contributed by atoms with Gasteiger partial charge in [0.05, 0.1) is 16.3 Å². The molecule has 8 heteroatoms. The predicted molar refractivity (Wildman–Crippen MR) is 106 cm³/mol. The van der Waals surface area contributed by atoms with Crippen molar-refractivity contribution in [3.63, 3.8) is 0 Å². The molecule has 0 unspecified atom stereocenters. The van der Waals surface area contributed by atoms with E-state index < -0.39 is 17.0 Å². The molecule has 2 heterocycles. The zero-order valence-corrected chi connectivity index (χ0v) is 16.3. The Morgan fingerprint density at radius 1 is 1.33 bits per heavy atom. The Hall–Kier alpha value is -2.19. The molecule has 0 fully saturated rings. The summed E-state index contributed by atoms with van der Waals surface area (Å²) in [4.78, 5) is 31.4. The number of fused-ring (bicyclic) bond motifs is 3. The van der Waals surface area contributed by atoms with Gasteiger partial charge in [-0.1, -0.05) is 23.9 Å². The van der Waals surface area contributed by atoms with Gasteiger partial charge < -0.3 is 5.73 Å². The molecule has 0 spiro atoms. The molecule has 0 radical (unpaired) electrons. The number of carbonyl (C=O) groups is 1. The highest BCUT2D eigenvalue weighted by Crippen LogP contribution is 2.35. The number of aromatic nitrogens is 2. The molecule has 0 saturated heterocycles. The molecule has 0 saturated carbocycles. The van der Waals surface area contributed by atoms with Crippen molar-refractivity contribution in [3.05, 3.63) is 50.9 Å². The summed E-state index contributed by atoms with van der Waals surface area (Å²) in [6.45, 7) is 1.65. The number of carbonyl (C=O) groups excluding carboxylic acids is 1. The van der Waals surface area contributed by atoms with E-state index in [4.69, 9.17) is 5.73 Å². The zero-order chi connectivity index (χ0) is 19.1. The third-order valence-electron chi connectivity index (χ3n) is 4.73. The van der Waals surface area contributed by atoms with Gasteiger partial charge in [-0.05, 0) is 50.3 Å². The fourth-order valence-corrected chi connectivity index (χ4v) is 5.50. The van der Waals surface area contributed by atoms with Gasteiger partial charge in [0.15, 0.2) is 5.16 Å². The molecule has 5 nitrogen and oxygen atoms in total. The van der Waals surface area contributed by atoms with Gasteiger partial charge in [-0.2, -0.15) is 0 Å². The van der Waals surface area contributed by atoms with Crippen molar-refractivity contribution in [2.24, 2.45) is 5.73 Å². The number of nitrogens with zero attached hydrogens (tertiary/aromatic N) is 2. The fraction of sp³-hybridized carbons (Fsp3) is 0.316. The minimum atomic E-state index is -0.595. The van der Waals surface area contributed by atoms with Gasteiger partial charge in [-0.25, -0.2) is 9.37 Å². The molecule has 2 aromatic heterocycles. The van der Waals surface area contributed by atoms with Crippen LogP contribution in [0, 0.1) is 5.82 Å². The second kappa shape index (κ2) is 7.09. The van der Waals surface area contributed by atoms with Crippen molar-refractivity contribution in [2.45, 2.75) is 43.0 Å². The normalized spacial score (nSPS) is 14.9. The predicted octanol–water partition coefficient (Wildman–Crippen LogP) is 3.43. The molecule has 1 aromatic carbocycles. The number of benzene rings is 1.